The number of hydrogen-bond acceptors (Lipinski definition) is 6. The predicted molar refractivity (Wildman–Crippen MR) is 68.8 cm³/mol. The lowest BCUT2D eigenvalue weighted by molar-refractivity contribution is -0.385. The molecule has 0 saturated heterocycles. The second-order valence-corrected chi connectivity index (χ2v) is 4.05. The third-order valence-corrected chi connectivity index (χ3v) is 2.87. The molecule has 0 aliphatic carbocycles. The first kappa shape index (κ1) is 11.9. The van der Waals surface area contributed by atoms with Crippen LogP contribution in [0, 0.1) is 10.1 Å². The van der Waals surface area contributed by atoms with Crippen LogP contribution in [0.2, 0.25) is 0 Å². The molecule has 0 amide bonds. The number of hydrogen-bond donors (Lipinski definition) is 2. The molecule has 2 N–H and O–H groups in total. The number of rotatable bonds is 2. The summed E-state index contributed by atoms with van der Waals surface area (Å²) in [6.07, 6.45) is 0. The topological polar surface area (TPSA) is 114 Å². The van der Waals surface area contributed by atoms with E-state index in [0.717, 1.165) is 6.07 Å². The highest BCUT2D eigenvalue weighted by atomic mass is 16.6. The number of nitro groups is 1. The van der Waals surface area contributed by atoms with Gasteiger partial charge in [0, 0.05) is 0 Å². The second-order valence-electron chi connectivity index (χ2n) is 4.05. The Morgan fingerprint density at radius 1 is 1.15 bits per heavy atom. The van der Waals surface area contributed by atoms with Crippen molar-refractivity contribution in [3.63, 3.8) is 0 Å². The summed E-state index contributed by atoms with van der Waals surface area (Å²) in [7, 11) is 0. The summed E-state index contributed by atoms with van der Waals surface area (Å²) in [6.45, 7) is 0. The van der Waals surface area contributed by atoms with Crippen LogP contribution in [-0.2, 0) is 0 Å². The summed E-state index contributed by atoms with van der Waals surface area (Å²) in [5.41, 5.74) is 0.523. The number of phenols is 2. The zero-order valence-electron chi connectivity index (χ0n) is 9.96. The minimum atomic E-state index is -0.799. The smallest absolute Gasteiger partial charge is 0.340 e. The molecule has 2 aromatic carbocycles. The Balaban J connectivity index is 2.35. The van der Waals surface area contributed by atoms with Gasteiger partial charge in [-0.25, -0.2) is 4.68 Å². The van der Waals surface area contributed by atoms with Crippen LogP contribution in [0.4, 0.5) is 5.69 Å². The molecule has 20 heavy (non-hydrogen) atoms. The third-order valence-electron chi connectivity index (χ3n) is 2.87. The molecule has 0 unspecified atom stereocenters. The summed E-state index contributed by atoms with van der Waals surface area (Å²) < 4.78 is 1.24. The van der Waals surface area contributed by atoms with E-state index in [1.54, 1.807) is 24.3 Å². The molecular formula is C12H8N4O4. The molecule has 3 aromatic rings. The lowest BCUT2D eigenvalue weighted by Gasteiger charge is -2.06. The molecular weight excluding hydrogens is 264 g/mol. The van der Waals surface area contributed by atoms with E-state index < -0.39 is 22.1 Å². The van der Waals surface area contributed by atoms with E-state index in [9.17, 15) is 20.3 Å². The Bertz CT molecular complexity index is 827. The van der Waals surface area contributed by atoms with E-state index in [4.69, 9.17) is 0 Å². The van der Waals surface area contributed by atoms with Gasteiger partial charge in [0.05, 0.1) is 10.4 Å². The van der Waals surface area contributed by atoms with Crippen molar-refractivity contribution in [2.24, 2.45) is 0 Å². The highest BCUT2D eigenvalue weighted by Crippen LogP contribution is 2.39. The van der Waals surface area contributed by atoms with Crippen molar-refractivity contribution < 1.29 is 15.1 Å². The van der Waals surface area contributed by atoms with Gasteiger partial charge in [-0.2, -0.15) is 0 Å². The van der Waals surface area contributed by atoms with Gasteiger partial charge in [-0.3, -0.25) is 10.1 Å². The third kappa shape index (κ3) is 1.62. The Morgan fingerprint density at radius 2 is 1.90 bits per heavy atom. The highest BCUT2D eigenvalue weighted by Gasteiger charge is 2.25. The molecule has 0 saturated carbocycles. The fraction of sp³-hybridized carbons (Fsp3) is 0. The van der Waals surface area contributed by atoms with Gasteiger partial charge in [0.15, 0.2) is 5.75 Å². The average molecular weight is 272 g/mol. The van der Waals surface area contributed by atoms with E-state index >= 15 is 0 Å². The zero-order valence-corrected chi connectivity index (χ0v) is 9.96. The minimum Gasteiger partial charge on any atom is -0.504 e. The van der Waals surface area contributed by atoms with Crippen LogP contribution in [0.25, 0.3) is 16.7 Å². The summed E-state index contributed by atoms with van der Waals surface area (Å²) in [6, 6.07) is 9.38. The lowest BCUT2D eigenvalue weighted by Crippen LogP contribution is -2.02. The van der Waals surface area contributed by atoms with E-state index in [2.05, 4.69) is 10.3 Å². The molecule has 0 aliphatic heterocycles. The van der Waals surface area contributed by atoms with E-state index in [1.165, 1.54) is 10.7 Å². The van der Waals surface area contributed by atoms with Gasteiger partial charge in [-0.1, -0.05) is 17.3 Å². The van der Waals surface area contributed by atoms with Crippen LogP contribution in [0.3, 0.4) is 0 Å². The van der Waals surface area contributed by atoms with Crippen LogP contribution < -0.4 is 0 Å². The normalized spacial score (nSPS) is 10.8. The molecule has 1 aromatic heterocycles. The quantitative estimate of drug-likeness (QED) is 0.417. The molecule has 3 rings (SSSR count). The van der Waals surface area contributed by atoms with Gasteiger partial charge in [-0.05, 0) is 24.3 Å². The van der Waals surface area contributed by atoms with Gasteiger partial charge in [-0.15, -0.1) is 5.10 Å². The second kappa shape index (κ2) is 4.19. The Morgan fingerprint density at radius 3 is 2.65 bits per heavy atom. The van der Waals surface area contributed by atoms with Crippen molar-refractivity contribution in [1.82, 2.24) is 15.0 Å². The highest BCUT2D eigenvalue weighted by molar-refractivity contribution is 5.78. The molecule has 1 heterocycles. The fourth-order valence-corrected chi connectivity index (χ4v) is 1.96. The van der Waals surface area contributed by atoms with Crippen molar-refractivity contribution in [3.8, 4) is 17.2 Å². The van der Waals surface area contributed by atoms with Crippen LogP contribution in [0.1, 0.15) is 0 Å². The number of phenolic OH excluding ortho intramolecular Hbond substituents is 2. The Kier molecular flexibility index (Phi) is 2.50. The van der Waals surface area contributed by atoms with E-state index in [1.807, 2.05) is 0 Å². The number of fused-ring (bicyclic) bond motifs is 1. The predicted octanol–water partition coefficient (Wildman–Crippen LogP) is 1.74. The number of nitro benzene ring substituents is 1. The largest absolute Gasteiger partial charge is 0.504 e. The zero-order chi connectivity index (χ0) is 14.3. The van der Waals surface area contributed by atoms with E-state index in [0.29, 0.717) is 11.0 Å². The van der Waals surface area contributed by atoms with Gasteiger partial charge >= 0.3 is 5.69 Å². The maximum atomic E-state index is 11.1. The van der Waals surface area contributed by atoms with Crippen molar-refractivity contribution in [3.05, 3.63) is 46.5 Å². The molecule has 0 fully saturated rings. The monoisotopic (exact) mass is 272 g/mol. The number of aromatic hydroxyl groups is 2. The fourth-order valence-electron chi connectivity index (χ4n) is 1.96. The van der Waals surface area contributed by atoms with Crippen LogP contribution in [-0.4, -0.2) is 30.1 Å². The van der Waals surface area contributed by atoms with Gasteiger partial charge < -0.3 is 10.2 Å². The number of benzene rings is 2. The summed E-state index contributed by atoms with van der Waals surface area (Å²) >= 11 is 0. The molecule has 100 valence electrons. The first-order valence-corrected chi connectivity index (χ1v) is 5.59. The summed E-state index contributed by atoms with van der Waals surface area (Å²) in [5.74, 6) is -1.36. The van der Waals surface area contributed by atoms with Gasteiger partial charge in [0.25, 0.3) is 0 Å². The maximum absolute atomic E-state index is 11.1. The SMILES string of the molecule is O=[N+]([O-])c1c(-n2nnc3ccccc32)ccc(O)c1O. The Labute approximate surface area is 111 Å². The molecule has 8 nitrogen and oxygen atoms in total. The molecule has 0 radical (unpaired) electrons. The number of para-hydroxylation sites is 1. The lowest BCUT2D eigenvalue weighted by atomic mass is 10.2. The van der Waals surface area contributed by atoms with Crippen molar-refractivity contribution >= 4 is 16.7 Å². The first-order valence-electron chi connectivity index (χ1n) is 5.59. The van der Waals surface area contributed by atoms with Crippen LogP contribution >= 0.6 is 0 Å². The molecule has 0 aliphatic rings. The standard InChI is InChI=1S/C12H8N4O4/c17-10-6-5-9(11(12(10)18)16(19)20)15-8-4-2-1-3-7(8)13-14-15/h1-6,17-18H. The van der Waals surface area contributed by atoms with Crippen molar-refractivity contribution in [2.45, 2.75) is 0 Å². The van der Waals surface area contributed by atoms with Crippen molar-refractivity contribution in [2.75, 3.05) is 0 Å². The van der Waals surface area contributed by atoms with Crippen molar-refractivity contribution in [1.29, 1.82) is 0 Å². The molecule has 0 spiro atoms. The molecule has 8 heteroatoms. The number of nitrogens with zero attached hydrogens (tertiary/aromatic N) is 4. The molecule has 0 bridgehead atoms. The molecule has 0 atom stereocenters. The van der Waals surface area contributed by atoms with Gasteiger partial charge in [0.1, 0.15) is 11.2 Å². The first-order chi connectivity index (χ1) is 9.59. The summed E-state index contributed by atoms with van der Waals surface area (Å²) in [4.78, 5) is 10.3. The average Bonchev–Trinajstić information content (AvgIpc) is 2.85. The minimum absolute atomic E-state index is 0.0269. The van der Waals surface area contributed by atoms with Crippen LogP contribution in [0.5, 0.6) is 11.5 Å². The Hall–Kier alpha value is -3.16. The number of aromatic nitrogens is 3. The van der Waals surface area contributed by atoms with Crippen LogP contribution in [0.15, 0.2) is 36.4 Å². The van der Waals surface area contributed by atoms with E-state index in [-0.39, 0.29) is 5.69 Å². The van der Waals surface area contributed by atoms with Gasteiger partial charge in [0.2, 0.25) is 5.75 Å². The maximum Gasteiger partial charge on any atom is 0.340 e. The summed E-state index contributed by atoms with van der Waals surface area (Å²) in [5, 5.41) is 37.9.